The molecule has 68 valence electrons. The van der Waals surface area contributed by atoms with Gasteiger partial charge in [-0.05, 0) is 28.8 Å². The number of imidazole rings is 1. The molecule has 0 fully saturated rings. The second kappa shape index (κ2) is 4.62. The van der Waals surface area contributed by atoms with Crippen LogP contribution in [0.15, 0.2) is 4.60 Å². The Morgan fingerprint density at radius 2 is 2.33 bits per heavy atom. The normalized spacial score (nSPS) is 10.6. The third-order valence-corrected chi connectivity index (χ3v) is 2.41. The third-order valence-electron chi connectivity index (χ3n) is 1.75. The third kappa shape index (κ3) is 2.32. The molecule has 12 heavy (non-hydrogen) atoms. The van der Waals surface area contributed by atoms with Crippen molar-refractivity contribution in [3.8, 4) is 0 Å². The van der Waals surface area contributed by atoms with Gasteiger partial charge in [0.2, 0.25) is 0 Å². The van der Waals surface area contributed by atoms with Gasteiger partial charge in [0.25, 0.3) is 0 Å². The molecule has 0 atom stereocenters. The van der Waals surface area contributed by atoms with Crippen LogP contribution >= 0.6 is 15.9 Å². The number of nitrogens with zero attached hydrogens (tertiary/aromatic N) is 1. The SMILES string of the molecule is CCCCc1[nH]c(CN)nc1Br. The molecule has 1 rings (SSSR count). The molecule has 4 heteroatoms. The van der Waals surface area contributed by atoms with E-state index in [2.05, 4.69) is 32.8 Å². The van der Waals surface area contributed by atoms with Crippen molar-refractivity contribution in [2.75, 3.05) is 0 Å². The van der Waals surface area contributed by atoms with Crippen LogP contribution in [0.2, 0.25) is 0 Å². The summed E-state index contributed by atoms with van der Waals surface area (Å²) < 4.78 is 0.913. The van der Waals surface area contributed by atoms with Crippen LogP contribution in [0.5, 0.6) is 0 Å². The lowest BCUT2D eigenvalue weighted by atomic mass is 10.2. The van der Waals surface area contributed by atoms with Crippen molar-refractivity contribution in [2.45, 2.75) is 32.7 Å². The molecule has 1 heterocycles. The lowest BCUT2D eigenvalue weighted by molar-refractivity contribution is 0.774. The van der Waals surface area contributed by atoms with Crippen LogP contribution in [-0.4, -0.2) is 9.97 Å². The molecule has 0 radical (unpaired) electrons. The molecule has 0 aliphatic carbocycles. The van der Waals surface area contributed by atoms with Gasteiger partial charge in [-0.15, -0.1) is 0 Å². The first kappa shape index (κ1) is 9.74. The number of unbranched alkanes of at least 4 members (excludes halogenated alkanes) is 1. The van der Waals surface area contributed by atoms with Gasteiger partial charge in [0.1, 0.15) is 10.4 Å². The monoisotopic (exact) mass is 231 g/mol. The second-order valence-electron chi connectivity index (χ2n) is 2.76. The fourth-order valence-corrected chi connectivity index (χ4v) is 1.57. The van der Waals surface area contributed by atoms with Gasteiger partial charge in [-0.25, -0.2) is 4.98 Å². The summed E-state index contributed by atoms with van der Waals surface area (Å²) in [6.07, 6.45) is 3.43. The van der Waals surface area contributed by atoms with Crippen molar-refractivity contribution < 1.29 is 0 Å². The molecule has 0 saturated carbocycles. The summed E-state index contributed by atoms with van der Waals surface area (Å²) in [7, 11) is 0. The van der Waals surface area contributed by atoms with Crippen LogP contribution in [0.4, 0.5) is 0 Å². The topological polar surface area (TPSA) is 54.7 Å². The summed E-state index contributed by atoms with van der Waals surface area (Å²) >= 11 is 3.39. The van der Waals surface area contributed by atoms with E-state index in [1.54, 1.807) is 0 Å². The van der Waals surface area contributed by atoms with Gasteiger partial charge in [0.05, 0.1) is 6.54 Å². The summed E-state index contributed by atoms with van der Waals surface area (Å²) in [5.41, 5.74) is 6.61. The maximum atomic E-state index is 5.45. The van der Waals surface area contributed by atoms with Gasteiger partial charge in [-0.3, -0.25) is 0 Å². The number of aryl methyl sites for hydroxylation is 1. The minimum atomic E-state index is 0.477. The van der Waals surface area contributed by atoms with E-state index in [4.69, 9.17) is 5.73 Å². The minimum Gasteiger partial charge on any atom is -0.344 e. The molecule has 0 aliphatic rings. The minimum absolute atomic E-state index is 0.477. The van der Waals surface area contributed by atoms with E-state index in [0.717, 1.165) is 22.5 Å². The molecule has 3 nitrogen and oxygen atoms in total. The van der Waals surface area contributed by atoms with Crippen LogP contribution in [-0.2, 0) is 13.0 Å². The van der Waals surface area contributed by atoms with Crippen molar-refractivity contribution >= 4 is 15.9 Å². The van der Waals surface area contributed by atoms with Crippen molar-refractivity contribution in [3.05, 3.63) is 16.1 Å². The van der Waals surface area contributed by atoms with E-state index in [0.29, 0.717) is 6.54 Å². The number of aromatic amines is 1. The molecular formula is C8H14BrN3. The van der Waals surface area contributed by atoms with E-state index in [1.165, 1.54) is 12.8 Å². The number of aromatic nitrogens is 2. The van der Waals surface area contributed by atoms with Gasteiger partial charge < -0.3 is 10.7 Å². The van der Waals surface area contributed by atoms with Crippen LogP contribution in [0.1, 0.15) is 31.3 Å². The van der Waals surface area contributed by atoms with Gasteiger partial charge in [-0.1, -0.05) is 13.3 Å². The zero-order valence-corrected chi connectivity index (χ0v) is 8.82. The zero-order valence-electron chi connectivity index (χ0n) is 7.23. The Hall–Kier alpha value is -0.350. The van der Waals surface area contributed by atoms with E-state index < -0.39 is 0 Å². The molecule has 0 aliphatic heterocycles. The molecule has 0 unspecified atom stereocenters. The predicted octanol–water partition coefficient (Wildman–Crippen LogP) is 1.97. The average Bonchev–Trinajstić information content (AvgIpc) is 2.43. The number of H-pyrrole nitrogens is 1. The van der Waals surface area contributed by atoms with Crippen LogP contribution in [0.25, 0.3) is 0 Å². The Morgan fingerprint density at radius 1 is 1.58 bits per heavy atom. The highest BCUT2D eigenvalue weighted by molar-refractivity contribution is 9.10. The van der Waals surface area contributed by atoms with Crippen LogP contribution in [0, 0.1) is 0 Å². The highest BCUT2D eigenvalue weighted by Gasteiger charge is 2.04. The molecule has 3 N–H and O–H groups in total. The lowest BCUT2D eigenvalue weighted by Gasteiger charge is -1.94. The molecule has 0 bridgehead atoms. The summed E-state index contributed by atoms with van der Waals surface area (Å²) in [4.78, 5) is 7.40. The molecule has 1 aromatic heterocycles. The van der Waals surface area contributed by atoms with E-state index in [1.807, 2.05) is 0 Å². The Balaban J connectivity index is 2.64. The molecule has 0 amide bonds. The molecule has 0 spiro atoms. The Kier molecular flexibility index (Phi) is 3.75. The Labute approximate surface area is 80.9 Å². The quantitative estimate of drug-likeness (QED) is 0.833. The van der Waals surface area contributed by atoms with E-state index in [9.17, 15) is 0 Å². The van der Waals surface area contributed by atoms with Gasteiger partial charge in [0.15, 0.2) is 0 Å². The summed E-state index contributed by atoms with van der Waals surface area (Å²) in [5, 5.41) is 0. The van der Waals surface area contributed by atoms with Crippen molar-refractivity contribution in [2.24, 2.45) is 5.73 Å². The number of halogens is 1. The average molecular weight is 232 g/mol. The summed E-state index contributed by atoms with van der Waals surface area (Å²) in [5.74, 6) is 0.855. The first-order valence-electron chi connectivity index (χ1n) is 4.21. The van der Waals surface area contributed by atoms with Gasteiger partial charge in [0, 0.05) is 5.69 Å². The van der Waals surface area contributed by atoms with Crippen molar-refractivity contribution in [1.82, 2.24) is 9.97 Å². The largest absolute Gasteiger partial charge is 0.344 e. The Bertz CT molecular complexity index is 244. The second-order valence-corrected chi connectivity index (χ2v) is 3.51. The maximum Gasteiger partial charge on any atom is 0.127 e. The molecular weight excluding hydrogens is 218 g/mol. The van der Waals surface area contributed by atoms with Crippen molar-refractivity contribution in [1.29, 1.82) is 0 Å². The Morgan fingerprint density at radius 3 is 2.83 bits per heavy atom. The number of hydrogen-bond acceptors (Lipinski definition) is 2. The van der Waals surface area contributed by atoms with Crippen molar-refractivity contribution in [3.63, 3.8) is 0 Å². The highest BCUT2D eigenvalue weighted by atomic mass is 79.9. The van der Waals surface area contributed by atoms with E-state index >= 15 is 0 Å². The number of nitrogens with two attached hydrogens (primary N) is 1. The lowest BCUT2D eigenvalue weighted by Crippen LogP contribution is -1.98. The predicted molar refractivity (Wildman–Crippen MR) is 52.8 cm³/mol. The molecule has 0 aromatic carbocycles. The highest BCUT2D eigenvalue weighted by Crippen LogP contribution is 2.15. The standard InChI is InChI=1S/C8H14BrN3/c1-2-3-4-6-8(9)12-7(5-10)11-6/h2-5,10H2,1H3,(H,11,12). The van der Waals surface area contributed by atoms with Gasteiger partial charge >= 0.3 is 0 Å². The van der Waals surface area contributed by atoms with E-state index in [-0.39, 0.29) is 0 Å². The molecule has 0 saturated heterocycles. The van der Waals surface area contributed by atoms with Crippen LogP contribution in [0.3, 0.4) is 0 Å². The van der Waals surface area contributed by atoms with Crippen LogP contribution < -0.4 is 5.73 Å². The number of nitrogens with one attached hydrogen (secondary N) is 1. The zero-order chi connectivity index (χ0) is 8.97. The fraction of sp³-hybridized carbons (Fsp3) is 0.625. The summed E-state index contributed by atoms with van der Waals surface area (Å²) in [6.45, 7) is 2.65. The fourth-order valence-electron chi connectivity index (χ4n) is 1.06. The maximum absolute atomic E-state index is 5.45. The number of rotatable bonds is 4. The first-order valence-corrected chi connectivity index (χ1v) is 5.00. The van der Waals surface area contributed by atoms with Gasteiger partial charge in [-0.2, -0.15) is 0 Å². The summed E-state index contributed by atoms with van der Waals surface area (Å²) in [6, 6.07) is 0. The smallest absolute Gasteiger partial charge is 0.127 e. The number of hydrogen-bond donors (Lipinski definition) is 2. The molecule has 1 aromatic rings. The first-order chi connectivity index (χ1) is 5.77.